The van der Waals surface area contributed by atoms with E-state index in [2.05, 4.69) is 25.8 Å². The van der Waals surface area contributed by atoms with Gasteiger partial charge >= 0.3 is 0 Å². The molecule has 1 amide bonds. The first-order chi connectivity index (χ1) is 9.22. The quantitative estimate of drug-likeness (QED) is 0.899. The first-order valence-corrected chi connectivity index (χ1v) is 7.24. The number of aromatic nitrogens is 1. The van der Waals surface area contributed by atoms with Gasteiger partial charge in [0.05, 0.1) is 6.61 Å². The van der Waals surface area contributed by atoms with Gasteiger partial charge < -0.3 is 10.0 Å². The van der Waals surface area contributed by atoms with E-state index in [0.717, 1.165) is 30.5 Å². The van der Waals surface area contributed by atoms with Gasteiger partial charge in [0.1, 0.15) is 5.69 Å². The molecule has 0 saturated carbocycles. The summed E-state index contributed by atoms with van der Waals surface area (Å²) in [4.78, 5) is 20.6. The summed E-state index contributed by atoms with van der Waals surface area (Å²) in [6, 6.07) is 3.63. The van der Waals surface area contributed by atoms with E-state index in [9.17, 15) is 4.79 Å². The summed E-state index contributed by atoms with van der Waals surface area (Å²) in [5.74, 6) is -0.0293. The van der Waals surface area contributed by atoms with Crippen molar-refractivity contribution >= 4 is 21.8 Å². The van der Waals surface area contributed by atoms with E-state index in [1.54, 1.807) is 12.3 Å². The normalized spacial score (nSPS) is 17.3. The zero-order valence-electron chi connectivity index (χ0n) is 10.8. The molecule has 6 heteroatoms. The molecular formula is C13H18BrN3O2. The van der Waals surface area contributed by atoms with Crippen LogP contribution in [0.2, 0.25) is 0 Å². The molecule has 1 aliphatic heterocycles. The molecule has 1 saturated heterocycles. The van der Waals surface area contributed by atoms with Gasteiger partial charge in [-0.1, -0.05) is 0 Å². The summed E-state index contributed by atoms with van der Waals surface area (Å²) in [6.45, 7) is 3.99. The first-order valence-electron chi connectivity index (χ1n) is 6.45. The number of rotatable bonds is 3. The zero-order chi connectivity index (χ0) is 13.7. The van der Waals surface area contributed by atoms with Crippen molar-refractivity contribution in [2.75, 3.05) is 39.3 Å². The number of carbonyl (C=O) groups excluding carboxylic acids is 1. The number of amides is 1. The zero-order valence-corrected chi connectivity index (χ0v) is 12.3. The van der Waals surface area contributed by atoms with Gasteiger partial charge in [-0.15, -0.1) is 0 Å². The van der Waals surface area contributed by atoms with Crippen LogP contribution < -0.4 is 0 Å². The van der Waals surface area contributed by atoms with E-state index in [1.165, 1.54) is 0 Å². The summed E-state index contributed by atoms with van der Waals surface area (Å²) in [7, 11) is 0. The van der Waals surface area contributed by atoms with Gasteiger partial charge in [0, 0.05) is 36.8 Å². The third kappa shape index (κ3) is 3.75. The molecule has 1 aliphatic rings. The number of aliphatic hydroxyl groups is 1. The van der Waals surface area contributed by atoms with Gasteiger partial charge in [0.2, 0.25) is 0 Å². The maximum Gasteiger partial charge on any atom is 0.273 e. The maximum atomic E-state index is 12.4. The summed E-state index contributed by atoms with van der Waals surface area (Å²) in [5.41, 5.74) is 0.470. The van der Waals surface area contributed by atoms with E-state index >= 15 is 0 Å². The highest BCUT2D eigenvalue weighted by molar-refractivity contribution is 9.10. The van der Waals surface area contributed by atoms with E-state index in [-0.39, 0.29) is 12.5 Å². The molecule has 1 aromatic rings. The Hall–Kier alpha value is -0.980. The summed E-state index contributed by atoms with van der Waals surface area (Å²) in [5, 5.41) is 8.96. The number of β-amino-alcohol motifs (C(OH)–C–C–N with tert-alkyl or cyclic N) is 1. The molecule has 0 radical (unpaired) electrons. The van der Waals surface area contributed by atoms with Crippen LogP contribution >= 0.6 is 15.9 Å². The number of hydrogen-bond donors (Lipinski definition) is 1. The standard InChI is InChI=1S/C13H18BrN3O2/c14-11-3-1-4-15-12(11)13(19)17-6-2-5-16(7-8-17)9-10-18/h1,3-4,18H,2,5-10H2. The lowest BCUT2D eigenvalue weighted by atomic mass is 10.3. The van der Waals surface area contributed by atoms with Crippen LogP contribution in [0, 0.1) is 0 Å². The average molecular weight is 328 g/mol. The van der Waals surface area contributed by atoms with Crippen LogP contribution in [0.5, 0.6) is 0 Å². The van der Waals surface area contributed by atoms with Gasteiger partial charge in [0.25, 0.3) is 5.91 Å². The maximum absolute atomic E-state index is 12.4. The number of nitrogens with zero attached hydrogens (tertiary/aromatic N) is 3. The lowest BCUT2D eigenvalue weighted by Gasteiger charge is -2.21. The monoisotopic (exact) mass is 327 g/mol. The van der Waals surface area contributed by atoms with Crippen molar-refractivity contribution in [2.24, 2.45) is 0 Å². The molecule has 1 aromatic heterocycles. The van der Waals surface area contributed by atoms with Crippen LogP contribution in [0.4, 0.5) is 0 Å². The van der Waals surface area contributed by atoms with Crippen LogP contribution in [-0.2, 0) is 0 Å². The number of aliphatic hydroxyl groups excluding tert-OH is 1. The average Bonchev–Trinajstić information content (AvgIpc) is 2.65. The van der Waals surface area contributed by atoms with Gasteiger partial charge in [-0.25, -0.2) is 4.98 Å². The number of carbonyl (C=O) groups is 1. The lowest BCUT2D eigenvalue weighted by Crippen LogP contribution is -2.36. The molecule has 2 heterocycles. The fraction of sp³-hybridized carbons (Fsp3) is 0.538. The van der Waals surface area contributed by atoms with Crippen LogP contribution in [0.1, 0.15) is 16.9 Å². The largest absolute Gasteiger partial charge is 0.395 e. The van der Waals surface area contributed by atoms with Crippen molar-refractivity contribution in [3.8, 4) is 0 Å². The Bertz CT molecular complexity index is 442. The molecule has 0 aromatic carbocycles. The number of pyridine rings is 1. The highest BCUT2D eigenvalue weighted by Crippen LogP contribution is 2.16. The fourth-order valence-corrected chi connectivity index (χ4v) is 2.66. The van der Waals surface area contributed by atoms with Gasteiger partial charge in [-0.05, 0) is 41.0 Å². The van der Waals surface area contributed by atoms with Crippen molar-refractivity contribution in [1.82, 2.24) is 14.8 Å². The van der Waals surface area contributed by atoms with Crippen LogP contribution in [0.25, 0.3) is 0 Å². The third-order valence-electron chi connectivity index (χ3n) is 3.25. The summed E-state index contributed by atoms with van der Waals surface area (Å²) < 4.78 is 0.733. The number of halogens is 1. The molecule has 104 valence electrons. The topological polar surface area (TPSA) is 56.7 Å². The highest BCUT2D eigenvalue weighted by atomic mass is 79.9. The molecule has 5 nitrogen and oxygen atoms in total. The smallest absolute Gasteiger partial charge is 0.273 e. The van der Waals surface area contributed by atoms with Crippen LogP contribution in [-0.4, -0.2) is 65.1 Å². The van der Waals surface area contributed by atoms with Crippen molar-refractivity contribution in [2.45, 2.75) is 6.42 Å². The van der Waals surface area contributed by atoms with Gasteiger partial charge in [-0.2, -0.15) is 0 Å². The van der Waals surface area contributed by atoms with Crippen molar-refractivity contribution in [1.29, 1.82) is 0 Å². The van der Waals surface area contributed by atoms with E-state index in [0.29, 0.717) is 18.8 Å². The predicted octanol–water partition coefficient (Wildman–Crippen LogP) is 0.984. The fourth-order valence-electron chi connectivity index (χ4n) is 2.23. The molecule has 0 bridgehead atoms. The van der Waals surface area contributed by atoms with E-state index in [1.807, 2.05) is 11.0 Å². The predicted molar refractivity (Wildman–Crippen MR) is 76.0 cm³/mol. The summed E-state index contributed by atoms with van der Waals surface area (Å²) >= 11 is 3.37. The third-order valence-corrected chi connectivity index (χ3v) is 3.89. The molecule has 2 rings (SSSR count). The molecule has 0 spiro atoms. The molecular weight excluding hydrogens is 310 g/mol. The lowest BCUT2D eigenvalue weighted by molar-refractivity contribution is 0.0753. The second-order valence-electron chi connectivity index (χ2n) is 4.54. The Morgan fingerprint density at radius 1 is 1.37 bits per heavy atom. The second kappa shape index (κ2) is 6.98. The first kappa shape index (κ1) is 14.4. The highest BCUT2D eigenvalue weighted by Gasteiger charge is 2.22. The minimum atomic E-state index is -0.0293. The summed E-state index contributed by atoms with van der Waals surface area (Å²) in [6.07, 6.45) is 2.56. The van der Waals surface area contributed by atoms with Crippen molar-refractivity contribution < 1.29 is 9.90 Å². The molecule has 1 fully saturated rings. The van der Waals surface area contributed by atoms with Gasteiger partial charge in [0.15, 0.2) is 0 Å². The van der Waals surface area contributed by atoms with E-state index < -0.39 is 0 Å². The molecule has 0 atom stereocenters. The van der Waals surface area contributed by atoms with Crippen LogP contribution in [0.3, 0.4) is 0 Å². The molecule has 0 aliphatic carbocycles. The Balaban J connectivity index is 2.02. The molecule has 19 heavy (non-hydrogen) atoms. The SMILES string of the molecule is O=C(c1ncccc1Br)N1CCCN(CCO)CC1. The van der Waals surface area contributed by atoms with Crippen LogP contribution in [0.15, 0.2) is 22.8 Å². The minimum absolute atomic E-state index is 0.0293. The molecule has 0 unspecified atom stereocenters. The van der Waals surface area contributed by atoms with Gasteiger partial charge in [-0.3, -0.25) is 9.69 Å². The number of hydrogen-bond acceptors (Lipinski definition) is 4. The van der Waals surface area contributed by atoms with Crippen molar-refractivity contribution in [3.63, 3.8) is 0 Å². The Labute approximate surface area is 121 Å². The Morgan fingerprint density at radius 2 is 2.21 bits per heavy atom. The Kier molecular flexibility index (Phi) is 5.30. The second-order valence-corrected chi connectivity index (χ2v) is 5.40. The Morgan fingerprint density at radius 3 is 2.95 bits per heavy atom. The van der Waals surface area contributed by atoms with Crippen molar-refractivity contribution in [3.05, 3.63) is 28.5 Å². The molecule has 1 N–H and O–H groups in total. The minimum Gasteiger partial charge on any atom is -0.395 e. The van der Waals surface area contributed by atoms with E-state index in [4.69, 9.17) is 5.11 Å².